The van der Waals surface area contributed by atoms with E-state index >= 15 is 0 Å². The van der Waals surface area contributed by atoms with Gasteiger partial charge in [0.05, 0.1) is 0 Å². The topological polar surface area (TPSA) is 37.3 Å². The van der Waals surface area contributed by atoms with E-state index in [-0.39, 0.29) is 5.75 Å². The van der Waals surface area contributed by atoms with Crippen molar-refractivity contribution in [2.24, 2.45) is 0 Å². The van der Waals surface area contributed by atoms with Gasteiger partial charge < -0.3 is 5.11 Å². The minimum Gasteiger partial charge on any atom is -0.507 e. The van der Waals surface area contributed by atoms with Crippen LogP contribution in [0.1, 0.15) is 15.9 Å². The Kier molecular flexibility index (Phi) is 2.44. The van der Waals surface area contributed by atoms with E-state index in [9.17, 15) is 9.90 Å². The molecule has 0 bridgehead atoms. The van der Waals surface area contributed by atoms with Crippen LogP contribution in [0.25, 0.3) is 10.1 Å². The Morgan fingerprint density at radius 1 is 1.50 bits per heavy atom. The van der Waals surface area contributed by atoms with Crippen LogP contribution < -0.4 is 0 Å². The lowest BCUT2D eigenvalue weighted by atomic mass is 10.1. The van der Waals surface area contributed by atoms with E-state index in [4.69, 9.17) is 11.6 Å². The molecule has 1 N–H and O–H groups in total. The van der Waals surface area contributed by atoms with Gasteiger partial charge in [0.2, 0.25) is 0 Å². The van der Waals surface area contributed by atoms with Gasteiger partial charge >= 0.3 is 0 Å². The molecule has 0 unspecified atom stereocenters. The number of aldehydes is 1. The van der Waals surface area contributed by atoms with Crippen LogP contribution in [0.2, 0.25) is 0 Å². The van der Waals surface area contributed by atoms with E-state index in [1.54, 1.807) is 6.07 Å². The molecule has 0 amide bonds. The van der Waals surface area contributed by atoms with Gasteiger partial charge in [-0.05, 0) is 23.1 Å². The second-order valence-corrected chi connectivity index (χ2v) is 4.04. The highest BCUT2D eigenvalue weighted by Crippen LogP contribution is 2.35. The van der Waals surface area contributed by atoms with E-state index in [0.717, 1.165) is 16.5 Å². The van der Waals surface area contributed by atoms with Crippen LogP contribution in [0.5, 0.6) is 5.75 Å². The molecule has 1 heterocycles. The fraction of sp³-hybridized carbons (Fsp3) is 0.100. The van der Waals surface area contributed by atoms with Gasteiger partial charge in [-0.1, -0.05) is 0 Å². The van der Waals surface area contributed by atoms with Gasteiger partial charge in [0, 0.05) is 21.5 Å². The summed E-state index contributed by atoms with van der Waals surface area (Å²) < 4.78 is 0.802. The highest BCUT2D eigenvalue weighted by molar-refractivity contribution is 7.17. The first kappa shape index (κ1) is 9.49. The average molecular weight is 227 g/mol. The SMILES string of the molecule is O=Cc1ccc(O)c2c(CCl)csc12. The number of carbonyl (C=O) groups excluding carboxylic acids is 1. The Hall–Kier alpha value is -1.06. The first-order valence-electron chi connectivity index (χ1n) is 4.01. The molecule has 0 aliphatic carbocycles. The maximum absolute atomic E-state index is 10.7. The molecule has 0 saturated heterocycles. The number of hydrogen-bond acceptors (Lipinski definition) is 3. The van der Waals surface area contributed by atoms with Crippen LogP contribution in [0, 0.1) is 0 Å². The van der Waals surface area contributed by atoms with E-state index in [1.807, 2.05) is 5.38 Å². The molecule has 14 heavy (non-hydrogen) atoms. The van der Waals surface area contributed by atoms with Crippen molar-refractivity contribution in [3.63, 3.8) is 0 Å². The fourth-order valence-corrected chi connectivity index (χ4v) is 2.78. The van der Waals surface area contributed by atoms with Crippen LogP contribution in [0.4, 0.5) is 0 Å². The Morgan fingerprint density at radius 3 is 2.93 bits per heavy atom. The molecule has 4 heteroatoms. The van der Waals surface area contributed by atoms with Gasteiger partial charge in [-0.2, -0.15) is 0 Å². The minimum atomic E-state index is 0.183. The highest BCUT2D eigenvalue weighted by Gasteiger charge is 2.10. The van der Waals surface area contributed by atoms with Gasteiger partial charge in [0.25, 0.3) is 0 Å². The van der Waals surface area contributed by atoms with E-state index < -0.39 is 0 Å². The van der Waals surface area contributed by atoms with Gasteiger partial charge in [0.1, 0.15) is 5.75 Å². The molecular weight excluding hydrogens is 220 g/mol. The van der Waals surface area contributed by atoms with Crippen molar-refractivity contribution in [3.8, 4) is 5.75 Å². The molecule has 0 atom stereocenters. The number of rotatable bonds is 2. The van der Waals surface area contributed by atoms with E-state index in [1.165, 1.54) is 17.4 Å². The average Bonchev–Trinajstić information content (AvgIpc) is 2.63. The molecule has 2 rings (SSSR count). The summed E-state index contributed by atoms with van der Waals surface area (Å²) >= 11 is 7.15. The number of aromatic hydroxyl groups is 1. The first-order chi connectivity index (χ1) is 6.77. The summed E-state index contributed by atoms with van der Waals surface area (Å²) in [5.74, 6) is 0.526. The molecule has 0 aliphatic heterocycles. The number of carbonyl (C=O) groups is 1. The lowest BCUT2D eigenvalue weighted by Crippen LogP contribution is -1.81. The van der Waals surface area contributed by atoms with E-state index in [2.05, 4.69) is 0 Å². The first-order valence-corrected chi connectivity index (χ1v) is 5.42. The van der Waals surface area contributed by atoms with Crippen molar-refractivity contribution in [2.75, 3.05) is 0 Å². The van der Waals surface area contributed by atoms with Crippen molar-refractivity contribution < 1.29 is 9.90 Å². The predicted molar refractivity (Wildman–Crippen MR) is 58.4 cm³/mol. The number of benzene rings is 1. The zero-order valence-corrected chi connectivity index (χ0v) is 8.73. The molecule has 0 spiro atoms. The molecule has 2 aromatic rings. The second-order valence-electron chi connectivity index (χ2n) is 2.89. The Labute approximate surface area is 89.7 Å². The molecular formula is C10H7ClO2S. The molecule has 1 aromatic heterocycles. The normalized spacial score (nSPS) is 10.6. The Bertz CT molecular complexity index is 490. The quantitative estimate of drug-likeness (QED) is 0.631. The zero-order valence-electron chi connectivity index (χ0n) is 7.16. The standard InChI is InChI=1S/C10H7ClO2S/c11-3-7-5-14-10-6(4-12)1-2-8(13)9(7)10/h1-2,4-5,13H,3H2. The van der Waals surface area contributed by atoms with Crippen molar-refractivity contribution in [3.05, 3.63) is 28.6 Å². The maximum atomic E-state index is 10.7. The van der Waals surface area contributed by atoms with Gasteiger partial charge in [0.15, 0.2) is 6.29 Å². The van der Waals surface area contributed by atoms with Crippen molar-refractivity contribution in [1.29, 1.82) is 0 Å². The minimum absolute atomic E-state index is 0.183. The maximum Gasteiger partial charge on any atom is 0.151 e. The number of thiophene rings is 1. The van der Waals surface area contributed by atoms with Crippen LogP contribution in [0.15, 0.2) is 17.5 Å². The summed E-state index contributed by atoms with van der Waals surface area (Å²) in [5.41, 5.74) is 1.46. The zero-order chi connectivity index (χ0) is 10.1. The third kappa shape index (κ3) is 1.29. The van der Waals surface area contributed by atoms with Gasteiger partial charge in [-0.15, -0.1) is 22.9 Å². The number of hydrogen-bond donors (Lipinski definition) is 1. The monoisotopic (exact) mass is 226 g/mol. The molecule has 0 radical (unpaired) electrons. The number of fused-ring (bicyclic) bond motifs is 1. The number of phenols is 1. The summed E-state index contributed by atoms with van der Waals surface area (Å²) in [7, 11) is 0. The number of alkyl halides is 1. The summed E-state index contributed by atoms with van der Waals surface area (Å²) in [5, 5.41) is 12.2. The third-order valence-electron chi connectivity index (χ3n) is 2.08. The van der Waals surface area contributed by atoms with Crippen molar-refractivity contribution >= 4 is 39.3 Å². The molecule has 0 fully saturated rings. The lowest BCUT2D eigenvalue weighted by Gasteiger charge is -1.99. The van der Waals surface area contributed by atoms with Crippen LogP contribution in [-0.4, -0.2) is 11.4 Å². The summed E-state index contributed by atoms with van der Waals surface area (Å²) in [4.78, 5) is 10.7. The molecule has 72 valence electrons. The fourth-order valence-electron chi connectivity index (χ4n) is 1.41. The summed E-state index contributed by atoms with van der Waals surface area (Å²) in [6, 6.07) is 3.13. The predicted octanol–water partition coefficient (Wildman–Crippen LogP) is 3.16. The Balaban J connectivity index is 2.86. The third-order valence-corrected chi connectivity index (χ3v) is 3.44. The smallest absolute Gasteiger partial charge is 0.151 e. The van der Waals surface area contributed by atoms with Crippen LogP contribution in [0.3, 0.4) is 0 Å². The molecule has 0 saturated carbocycles. The number of halogens is 1. The van der Waals surface area contributed by atoms with Gasteiger partial charge in [-0.3, -0.25) is 4.79 Å². The second kappa shape index (κ2) is 3.59. The highest BCUT2D eigenvalue weighted by atomic mass is 35.5. The lowest BCUT2D eigenvalue weighted by molar-refractivity contribution is 0.112. The van der Waals surface area contributed by atoms with Crippen molar-refractivity contribution in [1.82, 2.24) is 0 Å². The Morgan fingerprint density at radius 2 is 2.29 bits per heavy atom. The largest absolute Gasteiger partial charge is 0.507 e. The van der Waals surface area contributed by atoms with Crippen molar-refractivity contribution in [2.45, 2.75) is 5.88 Å². The van der Waals surface area contributed by atoms with Gasteiger partial charge in [-0.25, -0.2) is 0 Å². The molecule has 0 aliphatic rings. The number of phenolic OH excluding ortho intramolecular Hbond substituents is 1. The van der Waals surface area contributed by atoms with Crippen LogP contribution in [-0.2, 0) is 5.88 Å². The van der Waals surface area contributed by atoms with E-state index in [0.29, 0.717) is 16.8 Å². The molecule has 2 nitrogen and oxygen atoms in total. The van der Waals surface area contributed by atoms with Crippen LogP contribution >= 0.6 is 22.9 Å². The summed E-state index contributed by atoms with van der Waals surface area (Å²) in [6.07, 6.45) is 0.788. The molecule has 1 aromatic carbocycles. The summed E-state index contributed by atoms with van der Waals surface area (Å²) in [6.45, 7) is 0.